The number of aryl methyl sites for hydroxylation is 2. The smallest absolute Gasteiger partial charge is 0.295 e. The molecule has 0 saturated carbocycles. The highest BCUT2D eigenvalue weighted by molar-refractivity contribution is 6.30. The van der Waals surface area contributed by atoms with Crippen molar-refractivity contribution in [2.75, 3.05) is 5.32 Å². The number of aromatic nitrogens is 3. The molecular weight excluding hydrogens is 403 g/mol. The lowest BCUT2D eigenvalue weighted by molar-refractivity contribution is 0.101. The molecule has 0 atom stereocenters. The van der Waals surface area contributed by atoms with Crippen LogP contribution in [0.15, 0.2) is 66.7 Å². The van der Waals surface area contributed by atoms with E-state index in [1.807, 2.05) is 44.2 Å². The Morgan fingerprint density at radius 3 is 2.60 bits per heavy atom. The molecule has 0 aliphatic heterocycles. The maximum atomic E-state index is 13.9. The zero-order valence-electron chi connectivity index (χ0n) is 16.4. The maximum absolute atomic E-state index is 13.9. The molecule has 4 rings (SSSR count). The summed E-state index contributed by atoms with van der Waals surface area (Å²) >= 11 is 6.20. The van der Waals surface area contributed by atoms with E-state index in [1.54, 1.807) is 28.9 Å². The Balaban J connectivity index is 1.83. The topological polar surface area (TPSA) is 59.8 Å². The number of anilines is 1. The van der Waals surface area contributed by atoms with Gasteiger partial charge in [0.2, 0.25) is 5.82 Å². The lowest BCUT2D eigenvalue weighted by atomic mass is 10.1. The number of amides is 1. The van der Waals surface area contributed by atoms with Crippen molar-refractivity contribution in [3.05, 3.63) is 94.5 Å². The van der Waals surface area contributed by atoms with E-state index in [0.29, 0.717) is 16.5 Å². The van der Waals surface area contributed by atoms with Crippen LogP contribution in [0, 0.1) is 19.7 Å². The first-order valence-corrected chi connectivity index (χ1v) is 9.66. The monoisotopic (exact) mass is 420 g/mol. The Hall–Kier alpha value is -3.51. The van der Waals surface area contributed by atoms with Crippen molar-refractivity contribution in [1.82, 2.24) is 14.8 Å². The van der Waals surface area contributed by atoms with Crippen molar-refractivity contribution in [2.24, 2.45) is 0 Å². The summed E-state index contributed by atoms with van der Waals surface area (Å²) in [7, 11) is 0. The average Bonchev–Trinajstić information content (AvgIpc) is 3.17. The van der Waals surface area contributed by atoms with Crippen LogP contribution in [0.4, 0.5) is 10.1 Å². The molecular formula is C23H18ClFN4O. The van der Waals surface area contributed by atoms with Gasteiger partial charge in [-0.05, 0) is 49.7 Å². The van der Waals surface area contributed by atoms with Gasteiger partial charge in [-0.3, -0.25) is 4.79 Å². The average molecular weight is 421 g/mol. The largest absolute Gasteiger partial charge is 0.317 e. The number of halogens is 2. The molecule has 1 heterocycles. The van der Waals surface area contributed by atoms with Crippen LogP contribution in [0.5, 0.6) is 0 Å². The second kappa shape index (κ2) is 8.08. The molecule has 3 aromatic carbocycles. The second-order valence-electron chi connectivity index (χ2n) is 6.91. The fourth-order valence-electron chi connectivity index (χ4n) is 3.10. The number of hydrogen-bond acceptors (Lipinski definition) is 3. The number of nitrogens with one attached hydrogen (secondary N) is 1. The summed E-state index contributed by atoms with van der Waals surface area (Å²) in [5, 5.41) is 7.50. The quantitative estimate of drug-likeness (QED) is 0.467. The molecule has 0 bridgehead atoms. The first kappa shape index (κ1) is 19.8. The summed E-state index contributed by atoms with van der Waals surface area (Å²) < 4.78 is 15.5. The number of carbonyl (C=O) groups is 1. The van der Waals surface area contributed by atoms with Gasteiger partial charge in [-0.25, -0.2) is 14.1 Å². The molecule has 150 valence electrons. The molecule has 1 N–H and O–H groups in total. The van der Waals surface area contributed by atoms with Gasteiger partial charge < -0.3 is 5.32 Å². The van der Waals surface area contributed by atoms with E-state index in [4.69, 9.17) is 11.6 Å². The number of para-hydroxylation sites is 1. The van der Waals surface area contributed by atoms with Gasteiger partial charge in [0.15, 0.2) is 5.82 Å². The van der Waals surface area contributed by atoms with Gasteiger partial charge in [-0.1, -0.05) is 53.6 Å². The van der Waals surface area contributed by atoms with Crippen molar-refractivity contribution in [3.8, 4) is 17.1 Å². The number of rotatable bonds is 4. The van der Waals surface area contributed by atoms with Crippen LogP contribution in [0.1, 0.15) is 21.7 Å². The second-order valence-corrected chi connectivity index (χ2v) is 7.34. The third-order valence-electron chi connectivity index (χ3n) is 4.61. The van der Waals surface area contributed by atoms with E-state index >= 15 is 0 Å². The lowest BCUT2D eigenvalue weighted by Crippen LogP contribution is -2.15. The summed E-state index contributed by atoms with van der Waals surface area (Å²) in [6.07, 6.45) is 0. The van der Waals surface area contributed by atoms with Crippen molar-refractivity contribution in [1.29, 1.82) is 0 Å². The predicted molar refractivity (Wildman–Crippen MR) is 116 cm³/mol. The lowest BCUT2D eigenvalue weighted by Gasteiger charge is -2.10. The summed E-state index contributed by atoms with van der Waals surface area (Å²) in [5.74, 6) is -0.723. The summed E-state index contributed by atoms with van der Waals surface area (Å²) in [5.41, 5.74) is 3.53. The Morgan fingerprint density at radius 2 is 1.83 bits per heavy atom. The number of nitrogens with zero attached hydrogens (tertiary/aromatic N) is 3. The Morgan fingerprint density at radius 1 is 1.03 bits per heavy atom. The van der Waals surface area contributed by atoms with Crippen molar-refractivity contribution in [2.45, 2.75) is 13.8 Å². The van der Waals surface area contributed by atoms with E-state index in [0.717, 1.165) is 16.7 Å². The van der Waals surface area contributed by atoms with Gasteiger partial charge >= 0.3 is 0 Å². The fourth-order valence-corrected chi connectivity index (χ4v) is 3.27. The normalized spacial score (nSPS) is 10.8. The molecule has 0 fully saturated rings. The van der Waals surface area contributed by atoms with E-state index in [2.05, 4.69) is 15.4 Å². The van der Waals surface area contributed by atoms with Crippen LogP contribution in [0.25, 0.3) is 17.1 Å². The SMILES string of the molecule is Cc1cccc(-c2nc(C(=O)Nc3ccccc3F)nn2-c2cc(Cl)ccc2C)c1. The van der Waals surface area contributed by atoms with Crippen molar-refractivity contribution >= 4 is 23.2 Å². The molecule has 30 heavy (non-hydrogen) atoms. The van der Waals surface area contributed by atoms with Gasteiger partial charge in [-0.15, -0.1) is 5.10 Å². The Kier molecular flexibility index (Phi) is 5.33. The fraction of sp³-hybridized carbons (Fsp3) is 0.0870. The maximum Gasteiger partial charge on any atom is 0.295 e. The van der Waals surface area contributed by atoms with Crippen LogP contribution < -0.4 is 5.32 Å². The van der Waals surface area contributed by atoms with E-state index in [-0.39, 0.29) is 11.5 Å². The van der Waals surface area contributed by atoms with Crippen molar-refractivity contribution < 1.29 is 9.18 Å². The van der Waals surface area contributed by atoms with E-state index in [9.17, 15) is 9.18 Å². The first-order valence-electron chi connectivity index (χ1n) is 9.29. The van der Waals surface area contributed by atoms with Gasteiger partial charge in [0.1, 0.15) is 5.82 Å². The summed E-state index contributed by atoms with van der Waals surface area (Å²) in [6.45, 7) is 3.90. The first-order chi connectivity index (χ1) is 14.4. The third-order valence-corrected chi connectivity index (χ3v) is 4.84. The highest BCUT2D eigenvalue weighted by Gasteiger charge is 2.21. The van der Waals surface area contributed by atoms with Crippen LogP contribution in [-0.4, -0.2) is 20.7 Å². The predicted octanol–water partition coefficient (Wildman–Crippen LogP) is 5.60. The van der Waals surface area contributed by atoms with Crippen LogP contribution in [0.3, 0.4) is 0 Å². The van der Waals surface area contributed by atoms with Gasteiger partial charge in [0.25, 0.3) is 5.91 Å². The van der Waals surface area contributed by atoms with Crippen LogP contribution in [-0.2, 0) is 0 Å². The molecule has 4 aromatic rings. The van der Waals surface area contributed by atoms with Crippen LogP contribution in [0.2, 0.25) is 5.02 Å². The van der Waals surface area contributed by atoms with Gasteiger partial charge in [0.05, 0.1) is 11.4 Å². The number of hydrogen-bond donors (Lipinski definition) is 1. The molecule has 7 heteroatoms. The van der Waals surface area contributed by atoms with Gasteiger partial charge in [-0.2, -0.15) is 0 Å². The summed E-state index contributed by atoms with van der Waals surface area (Å²) in [4.78, 5) is 17.2. The third kappa shape index (κ3) is 3.95. The molecule has 0 unspecified atom stereocenters. The molecule has 1 aromatic heterocycles. The highest BCUT2D eigenvalue weighted by atomic mass is 35.5. The molecule has 0 radical (unpaired) electrons. The number of carbonyl (C=O) groups excluding carboxylic acids is 1. The standard InChI is InChI=1S/C23H18ClFN4O/c1-14-6-5-7-16(12-14)22-27-21(23(30)26-19-9-4-3-8-18(19)25)28-29(22)20-13-17(24)11-10-15(20)2/h3-13H,1-2H3,(H,26,30). The minimum Gasteiger partial charge on any atom is -0.317 e. The Labute approximate surface area is 178 Å². The number of benzene rings is 3. The van der Waals surface area contributed by atoms with E-state index < -0.39 is 11.7 Å². The molecule has 5 nitrogen and oxygen atoms in total. The molecule has 0 saturated heterocycles. The minimum atomic E-state index is -0.604. The van der Waals surface area contributed by atoms with E-state index in [1.165, 1.54) is 12.1 Å². The molecule has 1 amide bonds. The molecule has 0 aliphatic carbocycles. The van der Waals surface area contributed by atoms with Crippen molar-refractivity contribution in [3.63, 3.8) is 0 Å². The Bertz CT molecular complexity index is 1250. The van der Waals surface area contributed by atoms with Crippen LogP contribution >= 0.6 is 11.6 Å². The molecule has 0 spiro atoms. The zero-order chi connectivity index (χ0) is 21.3. The summed E-state index contributed by atoms with van der Waals surface area (Å²) in [6, 6.07) is 19.1. The minimum absolute atomic E-state index is 0.0647. The highest BCUT2D eigenvalue weighted by Crippen LogP contribution is 2.26. The van der Waals surface area contributed by atoms with Gasteiger partial charge in [0, 0.05) is 10.6 Å². The molecule has 0 aliphatic rings. The zero-order valence-corrected chi connectivity index (χ0v) is 17.1.